The van der Waals surface area contributed by atoms with E-state index in [2.05, 4.69) is 19.9 Å². The number of hydrogen-bond donors (Lipinski definition) is 1. The first-order chi connectivity index (χ1) is 10.2. The van der Waals surface area contributed by atoms with E-state index in [4.69, 9.17) is 5.11 Å². The molecule has 2 nitrogen and oxygen atoms in total. The van der Waals surface area contributed by atoms with E-state index in [1.54, 1.807) is 5.57 Å². The third kappa shape index (κ3) is 17.2. The second-order valence-electron chi connectivity index (χ2n) is 6.27. The number of carbonyl (C=O) groups is 1. The van der Waals surface area contributed by atoms with Gasteiger partial charge in [0.2, 0.25) is 0 Å². The number of hydrogen-bond acceptors (Lipinski definition) is 1. The molecule has 0 spiro atoms. The molecule has 0 aromatic heterocycles. The summed E-state index contributed by atoms with van der Waals surface area (Å²) in [6, 6.07) is 0. The van der Waals surface area contributed by atoms with Crippen molar-refractivity contribution in [3.63, 3.8) is 0 Å². The van der Waals surface area contributed by atoms with Gasteiger partial charge in [-0.2, -0.15) is 0 Å². The van der Waals surface area contributed by atoms with Crippen LogP contribution in [0.5, 0.6) is 0 Å². The highest BCUT2D eigenvalue weighted by molar-refractivity contribution is 5.66. The fourth-order valence-electron chi connectivity index (χ4n) is 2.59. The molecular weight excluding hydrogens is 260 g/mol. The average molecular weight is 296 g/mol. The van der Waals surface area contributed by atoms with Crippen LogP contribution in [0.15, 0.2) is 11.6 Å². The van der Waals surface area contributed by atoms with Crippen molar-refractivity contribution >= 4 is 5.97 Å². The summed E-state index contributed by atoms with van der Waals surface area (Å²) in [6.07, 6.45) is 19.0. The Bertz CT molecular complexity index is 269. The van der Waals surface area contributed by atoms with Gasteiger partial charge in [0.25, 0.3) is 0 Å². The Morgan fingerprint density at radius 2 is 1.33 bits per heavy atom. The van der Waals surface area contributed by atoms with Crippen molar-refractivity contribution in [3.05, 3.63) is 11.6 Å². The zero-order chi connectivity index (χ0) is 15.8. The zero-order valence-corrected chi connectivity index (χ0v) is 14.3. The summed E-state index contributed by atoms with van der Waals surface area (Å²) in [7, 11) is 0. The van der Waals surface area contributed by atoms with E-state index in [0.717, 1.165) is 12.8 Å². The van der Waals surface area contributed by atoms with Crippen molar-refractivity contribution in [1.29, 1.82) is 0 Å². The predicted octanol–water partition coefficient (Wildman–Crippen LogP) is 6.50. The first-order valence-electron chi connectivity index (χ1n) is 9.04. The Hall–Kier alpha value is -0.790. The minimum absolute atomic E-state index is 0.333. The van der Waals surface area contributed by atoms with E-state index in [1.807, 2.05) is 0 Å². The predicted molar refractivity (Wildman–Crippen MR) is 91.7 cm³/mol. The van der Waals surface area contributed by atoms with E-state index in [1.165, 1.54) is 70.6 Å². The van der Waals surface area contributed by atoms with Gasteiger partial charge in [0.1, 0.15) is 0 Å². The summed E-state index contributed by atoms with van der Waals surface area (Å²) in [4.78, 5) is 10.4. The van der Waals surface area contributed by atoms with Crippen LogP contribution < -0.4 is 0 Å². The number of unbranched alkanes of at least 4 members (excludes halogenated alkanes) is 10. The van der Waals surface area contributed by atoms with Crippen LogP contribution in [0.1, 0.15) is 104 Å². The summed E-state index contributed by atoms with van der Waals surface area (Å²) < 4.78 is 0. The quantitative estimate of drug-likeness (QED) is 0.277. The molecule has 0 aliphatic carbocycles. The smallest absolute Gasteiger partial charge is 0.303 e. The first-order valence-corrected chi connectivity index (χ1v) is 9.04. The molecule has 0 aliphatic heterocycles. The lowest BCUT2D eigenvalue weighted by molar-refractivity contribution is -0.137. The lowest BCUT2D eigenvalue weighted by Gasteiger charge is -2.03. The van der Waals surface area contributed by atoms with Crippen molar-refractivity contribution < 1.29 is 9.90 Å². The molecule has 0 saturated carbocycles. The fraction of sp³-hybridized carbons (Fsp3) is 0.842. The molecule has 0 atom stereocenters. The number of rotatable bonds is 15. The second kappa shape index (κ2) is 15.6. The number of carboxylic acid groups (broad SMARTS) is 1. The monoisotopic (exact) mass is 296 g/mol. The maximum absolute atomic E-state index is 10.4. The van der Waals surface area contributed by atoms with Gasteiger partial charge in [0.15, 0.2) is 0 Å². The third-order valence-electron chi connectivity index (χ3n) is 4.01. The first kappa shape index (κ1) is 20.2. The van der Waals surface area contributed by atoms with Gasteiger partial charge in [-0.15, -0.1) is 0 Å². The molecule has 124 valence electrons. The maximum atomic E-state index is 10.4. The van der Waals surface area contributed by atoms with Gasteiger partial charge >= 0.3 is 5.97 Å². The topological polar surface area (TPSA) is 37.3 Å². The van der Waals surface area contributed by atoms with Gasteiger partial charge < -0.3 is 5.11 Å². The molecule has 1 N–H and O–H groups in total. The lowest BCUT2D eigenvalue weighted by atomic mass is 10.0. The molecule has 0 rings (SSSR count). The number of aliphatic carboxylic acids is 1. The lowest BCUT2D eigenvalue weighted by Crippen LogP contribution is -1.93. The van der Waals surface area contributed by atoms with E-state index in [0.29, 0.717) is 6.42 Å². The van der Waals surface area contributed by atoms with Crippen molar-refractivity contribution in [1.82, 2.24) is 0 Å². The molecule has 0 radical (unpaired) electrons. The van der Waals surface area contributed by atoms with Gasteiger partial charge in [-0.3, -0.25) is 4.79 Å². The van der Waals surface area contributed by atoms with Crippen molar-refractivity contribution in [2.45, 2.75) is 104 Å². The molecule has 0 aromatic rings. The molecule has 0 bridgehead atoms. The fourth-order valence-corrected chi connectivity index (χ4v) is 2.59. The summed E-state index contributed by atoms with van der Waals surface area (Å²) >= 11 is 0. The highest BCUT2D eigenvalue weighted by Gasteiger charge is 1.97. The molecular formula is C19H36O2. The molecule has 0 fully saturated rings. The Labute approximate surface area is 132 Å². The zero-order valence-electron chi connectivity index (χ0n) is 14.3. The van der Waals surface area contributed by atoms with Crippen LogP contribution in [0.2, 0.25) is 0 Å². The third-order valence-corrected chi connectivity index (χ3v) is 4.01. The largest absolute Gasteiger partial charge is 0.481 e. The summed E-state index contributed by atoms with van der Waals surface area (Å²) in [5.74, 6) is -0.662. The normalized spacial score (nSPS) is 11.8. The van der Waals surface area contributed by atoms with Crippen molar-refractivity contribution in [3.8, 4) is 0 Å². The highest BCUT2D eigenvalue weighted by Crippen LogP contribution is 2.14. The minimum atomic E-state index is -0.662. The molecule has 0 unspecified atom stereocenters. The van der Waals surface area contributed by atoms with Gasteiger partial charge in [-0.05, 0) is 39.0 Å². The van der Waals surface area contributed by atoms with Crippen LogP contribution in [0.4, 0.5) is 0 Å². The molecule has 0 amide bonds. The van der Waals surface area contributed by atoms with E-state index in [9.17, 15) is 4.79 Å². The van der Waals surface area contributed by atoms with Gasteiger partial charge in [-0.1, -0.05) is 69.9 Å². The Morgan fingerprint density at radius 1 is 0.810 bits per heavy atom. The second-order valence-corrected chi connectivity index (χ2v) is 6.27. The Morgan fingerprint density at radius 3 is 1.95 bits per heavy atom. The summed E-state index contributed by atoms with van der Waals surface area (Å²) in [5.41, 5.74) is 1.55. The molecule has 0 heterocycles. The Kier molecular flexibility index (Phi) is 15.0. The van der Waals surface area contributed by atoms with E-state index < -0.39 is 5.97 Å². The van der Waals surface area contributed by atoms with Crippen LogP contribution in [-0.4, -0.2) is 11.1 Å². The van der Waals surface area contributed by atoms with Crippen molar-refractivity contribution in [2.24, 2.45) is 0 Å². The number of carboxylic acids is 1. The van der Waals surface area contributed by atoms with Gasteiger partial charge in [0.05, 0.1) is 0 Å². The molecule has 2 heteroatoms. The number of allylic oxidation sites excluding steroid dienone is 2. The SMILES string of the molecule is CCCCCCC/C=C(\C)CCCCCCCCC(=O)O. The van der Waals surface area contributed by atoms with Crippen LogP contribution in [0.3, 0.4) is 0 Å². The van der Waals surface area contributed by atoms with Crippen LogP contribution in [0, 0.1) is 0 Å². The standard InChI is InChI=1S/C19H36O2/c1-3-4-5-6-9-12-15-18(2)16-13-10-7-8-11-14-17-19(20)21/h15H,3-14,16-17H2,1-2H3,(H,20,21)/b18-15+. The molecule has 0 aliphatic rings. The molecule has 0 aromatic carbocycles. The van der Waals surface area contributed by atoms with Crippen molar-refractivity contribution in [2.75, 3.05) is 0 Å². The summed E-state index contributed by atoms with van der Waals surface area (Å²) in [6.45, 7) is 4.52. The maximum Gasteiger partial charge on any atom is 0.303 e. The molecule has 0 saturated heterocycles. The van der Waals surface area contributed by atoms with Gasteiger partial charge in [0, 0.05) is 6.42 Å². The van der Waals surface area contributed by atoms with Crippen LogP contribution in [0.25, 0.3) is 0 Å². The van der Waals surface area contributed by atoms with Crippen LogP contribution in [-0.2, 0) is 4.79 Å². The van der Waals surface area contributed by atoms with E-state index in [-0.39, 0.29) is 0 Å². The summed E-state index contributed by atoms with van der Waals surface area (Å²) in [5, 5.41) is 8.54. The van der Waals surface area contributed by atoms with E-state index >= 15 is 0 Å². The van der Waals surface area contributed by atoms with Gasteiger partial charge in [-0.25, -0.2) is 0 Å². The molecule has 21 heavy (non-hydrogen) atoms. The highest BCUT2D eigenvalue weighted by atomic mass is 16.4. The minimum Gasteiger partial charge on any atom is -0.481 e. The Balaban J connectivity index is 3.28. The average Bonchev–Trinajstić information content (AvgIpc) is 2.45. The van der Waals surface area contributed by atoms with Crippen LogP contribution >= 0.6 is 0 Å².